The van der Waals surface area contributed by atoms with E-state index in [9.17, 15) is 23.5 Å². The van der Waals surface area contributed by atoms with Crippen molar-refractivity contribution in [1.82, 2.24) is 4.57 Å². The van der Waals surface area contributed by atoms with Crippen molar-refractivity contribution >= 4 is 5.97 Å². The Kier molecular flexibility index (Phi) is 4.12. The number of carboxylic acids is 1. The van der Waals surface area contributed by atoms with Gasteiger partial charge in [0.1, 0.15) is 5.56 Å². The third-order valence-electron chi connectivity index (χ3n) is 3.48. The highest BCUT2D eigenvalue weighted by Crippen LogP contribution is 2.24. The number of carbonyl (C=O) groups is 1. The molecule has 0 fully saturated rings. The van der Waals surface area contributed by atoms with Gasteiger partial charge in [-0.25, -0.2) is 13.6 Å². The van der Waals surface area contributed by atoms with Gasteiger partial charge in [-0.2, -0.15) is 0 Å². The van der Waals surface area contributed by atoms with E-state index < -0.39 is 28.6 Å². The first-order chi connectivity index (χ1) is 10.2. The Bertz CT molecular complexity index is 810. The van der Waals surface area contributed by atoms with Gasteiger partial charge < -0.3 is 9.67 Å². The lowest BCUT2D eigenvalue weighted by Crippen LogP contribution is -2.23. The normalized spacial score (nSPS) is 11.0. The molecule has 0 amide bonds. The number of carboxylic acid groups (broad SMARTS) is 1. The third-order valence-corrected chi connectivity index (χ3v) is 3.48. The molecule has 2 aromatic rings. The van der Waals surface area contributed by atoms with Crippen molar-refractivity contribution in [1.29, 1.82) is 0 Å². The molecular formula is C16H15F2NO3. The van der Waals surface area contributed by atoms with Gasteiger partial charge in [0.15, 0.2) is 11.6 Å². The van der Waals surface area contributed by atoms with Crippen molar-refractivity contribution in [3.05, 3.63) is 57.5 Å². The van der Waals surface area contributed by atoms with Gasteiger partial charge in [0.05, 0.1) is 0 Å². The molecule has 2 rings (SSSR count). The van der Waals surface area contributed by atoms with Crippen LogP contribution in [0.5, 0.6) is 0 Å². The van der Waals surface area contributed by atoms with Crippen molar-refractivity contribution in [2.45, 2.75) is 26.8 Å². The third kappa shape index (κ3) is 2.64. The number of halogens is 2. The van der Waals surface area contributed by atoms with Crippen molar-refractivity contribution in [2.24, 2.45) is 0 Å². The minimum atomic E-state index is -1.36. The molecule has 4 nitrogen and oxygen atoms in total. The van der Waals surface area contributed by atoms with Crippen molar-refractivity contribution in [3.8, 4) is 11.1 Å². The number of aromatic carboxylic acids is 1. The van der Waals surface area contributed by atoms with Crippen molar-refractivity contribution < 1.29 is 18.7 Å². The molecule has 0 radical (unpaired) electrons. The van der Waals surface area contributed by atoms with Crippen LogP contribution in [0.3, 0.4) is 0 Å². The maximum atomic E-state index is 13.4. The highest BCUT2D eigenvalue weighted by molar-refractivity contribution is 5.89. The summed E-state index contributed by atoms with van der Waals surface area (Å²) >= 11 is 0. The van der Waals surface area contributed by atoms with E-state index in [4.69, 9.17) is 0 Å². The maximum Gasteiger partial charge on any atom is 0.341 e. The first kappa shape index (κ1) is 15.9. The summed E-state index contributed by atoms with van der Waals surface area (Å²) in [5.74, 6) is -3.48. The summed E-state index contributed by atoms with van der Waals surface area (Å²) in [6.07, 6.45) is 1.27. The molecule has 0 bridgehead atoms. The van der Waals surface area contributed by atoms with Gasteiger partial charge in [0, 0.05) is 23.5 Å². The van der Waals surface area contributed by atoms with Gasteiger partial charge >= 0.3 is 5.97 Å². The molecule has 0 aliphatic carbocycles. The van der Waals surface area contributed by atoms with E-state index in [0.717, 1.165) is 12.1 Å². The summed E-state index contributed by atoms with van der Waals surface area (Å²) in [7, 11) is 0. The zero-order valence-electron chi connectivity index (χ0n) is 12.4. The van der Waals surface area contributed by atoms with E-state index in [1.54, 1.807) is 11.5 Å². The van der Waals surface area contributed by atoms with Crippen LogP contribution in [0.1, 0.15) is 35.9 Å². The summed E-state index contributed by atoms with van der Waals surface area (Å²) in [5.41, 5.74) is -0.408. The van der Waals surface area contributed by atoms with E-state index in [1.165, 1.54) is 12.3 Å². The molecule has 0 saturated carbocycles. The second kappa shape index (κ2) is 5.71. The average Bonchev–Trinajstić information content (AvgIpc) is 2.42. The monoisotopic (exact) mass is 307 g/mol. The van der Waals surface area contributed by atoms with Gasteiger partial charge in [-0.1, -0.05) is 6.07 Å². The van der Waals surface area contributed by atoms with Crippen LogP contribution in [0.4, 0.5) is 8.78 Å². The minimum Gasteiger partial charge on any atom is -0.477 e. The molecule has 22 heavy (non-hydrogen) atoms. The van der Waals surface area contributed by atoms with Gasteiger partial charge in [-0.3, -0.25) is 4.79 Å². The molecule has 0 aliphatic rings. The Hall–Kier alpha value is -2.50. The van der Waals surface area contributed by atoms with Crippen molar-refractivity contribution in [3.63, 3.8) is 0 Å². The van der Waals surface area contributed by atoms with E-state index in [1.807, 2.05) is 13.8 Å². The molecule has 0 atom stereocenters. The van der Waals surface area contributed by atoms with Gasteiger partial charge in [0.2, 0.25) is 5.43 Å². The number of rotatable bonds is 3. The molecule has 116 valence electrons. The lowest BCUT2D eigenvalue weighted by atomic mass is 10.0. The van der Waals surface area contributed by atoms with Crippen LogP contribution in [-0.4, -0.2) is 15.6 Å². The second-order valence-electron chi connectivity index (χ2n) is 5.27. The fourth-order valence-electron chi connectivity index (χ4n) is 2.40. The maximum absolute atomic E-state index is 13.4. The number of aromatic nitrogens is 1. The Labute approximate surface area is 125 Å². The molecule has 1 aromatic heterocycles. The zero-order chi connectivity index (χ0) is 16.6. The summed E-state index contributed by atoms with van der Waals surface area (Å²) in [5, 5.41) is 9.19. The zero-order valence-corrected chi connectivity index (χ0v) is 12.4. The van der Waals surface area contributed by atoms with Crippen LogP contribution in [-0.2, 0) is 0 Å². The number of pyridine rings is 1. The van der Waals surface area contributed by atoms with Crippen LogP contribution in [0, 0.1) is 18.6 Å². The smallest absolute Gasteiger partial charge is 0.341 e. The van der Waals surface area contributed by atoms with E-state index in [-0.39, 0.29) is 17.2 Å². The Balaban J connectivity index is 2.86. The topological polar surface area (TPSA) is 59.3 Å². The fraction of sp³-hybridized carbons (Fsp3) is 0.250. The molecular weight excluding hydrogens is 292 g/mol. The van der Waals surface area contributed by atoms with Crippen LogP contribution in [0.2, 0.25) is 0 Å². The summed E-state index contributed by atoms with van der Waals surface area (Å²) in [6, 6.07) is 2.98. The summed E-state index contributed by atoms with van der Waals surface area (Å²) in [4.78, 5) is 23.7. The Morgan fingerprint density at radius 2 is 1.86 bits per heavy atom. The van der Waals surface area contributed by atoms with Crippen LogP contribution in [0.25, 0.3) is 11.1 Å². The van der Waals surface area contributed by atoms with Gasteiger partial charge in [-0.15, -0.1) is 0 Å². The number of benzene rings is 1. The lowest BCUT2D eigenvalue weighted by molar-refractivity contribution is 0.0694. The molecule has 6 heteroatoms. The van der Waals surface area contributed by atoms with E-state index in [2.05, 4.69) is 0 Å². The average molecular weight is 307 g/mol. The number of hydrogen-bond acceptors (Lipinski definition) is 2. The Morgan fingerprint density at radius 3 is 2.36 bits per heavy atom. The predicted octanol–water partition coefficient (Wildman–Crippen LogP) is 3.38. The molecule has 1 heterocycles. The molecule has 0 unspecified atom stereocenters. The first-order valence-electron chi connectivity index (χ1n) is 6.68. The highest BCUT2D eigenvalue weighted by Gasteiger charge is 2.20. The quantitative estimate of drug-likeness (QED) is 0.945. The van der Waals surface area contributed by atoms with E-state index in [0.29, 0.717) is 5.69 Å². The molecule has 0 spiro atoms. The number of nitrogens with zero attached hydrogens (tertiary/aromatic N) is 1. The molecule has 0 saturated heterocycles. The lowest BCUT2D eigenvalue weighted by Gasteiger charge is -2.19. The summed E-state index contributed by atoms with van der Waals surface area (Å²) in [6.45, 7) is 5.31. The molecule has 0 aliphatic heterocycles. The minimum absolute atomic E-state index is 0.0625. The van der Waals surface area contributed by atoms with Crippen LogP contribution >= 0.6 is 0 Å². The Morgan fingerprint density at radius 1 is 1.23 bits per heavy atom. The standard InChI is InChI=1S/C16H15F2NO3/c1-8(2)19-7-11(16(21)22)15(20)14(9(19)3)10-4-5-12(17)13(18)6-10/h4-8H,1-3H3,(H,21,22). The predicted molar refractivity (Wildman–Crippen MR) is 78.1 cm³/mol. The van der Waals surface area contributed by atoms with Crippen LogP contribution in [0.15, 0.2) is 29.2 Å². The second-order valence-corrected chi connectivity index (χ2v) is 5.27. The fourth-order valence-corrected chi connectivity index (χ4v) is 2.40. The van der Waals surface area contributed by atoms with Crippen molar-refractivity contribution in [2.75, 3.05) is 0 Å². The van der Waals surface area contributed by atoms with Gasteiger partial charge in [-0.05, 0) is 38.5 Å². The number of hydrogen-bond donors (Lipinski definition) is 1. The van der Waals surface area contributed by atoms with Crippen LogP contribution < -0.4 is 5.43 Å². The summed E-state index contributed by atoms with van der Waals surface area (Å²) < 4.78 is 28.2. The molecule has 1 N–H and O–H groups in total. The highest BCUT2D eigenvalue weighted by atomic mass is 19.2. The SMILES string of the molecule is Cc1c(-c2ccc(F)c(F)c2)c(=O)c(C(=O)O)cn1C(C)C. The van der Waals surface area contributed by atoms with Gasteiger partial charge in [0.25, 0.3) is 0 Å². The first-order valence-corrected chi connectivity index (χ1v) is 6.68. The molecule has 1 aromatic carbocycles. The largest absolute Gasteiger partial charge is 0.477 e. The van der Waals surface area contributed by atoms with E-state index >= 15 is 0 Å².